The summed E-state index contributed by atoms with van der Waals surface area (Å²) in [4.78, 5) is 13.2. The molecule has 2 heterocycles. The normalized spacial score (nSPS) is 27.0. The number of thioether (sulfide) groups is 1. The van der Waals surface area contributed by atoms with Crippen molar-refractivity contribution in [2.45, 2.75) is 51.4 Å². The summed E-state index contributed by atoms with van der Waals surface area (Å²) in [5, 5.41) is 4.34. The van der Waals surface area contributed by atoms with Crippen LogP contribution in [-0.4, -0.2) is 40.1 Å². The first kappa shape index (κ1) is 18.1. The van der Waals surface area contributed by atoms with Crippen molar-refractivity contribution in [3.8, 4) is 0 Å². The SMILES string of the molecule is CN=C1NC(C)/C=C\C(c2cnc(COC3CCCC3)nc2)=C/CS1. The predicted octanol–water partition coefficient (Wildman–Crippen LogP) is 3.59. The molecule has 1 aliphatic heterocycles. The van der Waals surface area contributed by atoms with Crippen LogP contribution in [0.5, 0.6) is 0 Å². The maximum Gasteiger partial charge on any atom is 0.157 e. The van der Waals surface area contributed by atoms with Gasteiger partial charge in [-0.1, -0.05) is 42.8 Å². The Balaban J connectivity index is 1.65. The molecular weight excluding hydrogens is 332 g/mol. The molecule has 1 unspecified atom stereocenters. The van der Waals surface area contributed by atoms with Crippen LogP contribution in [0.25, 0.3) is 5.57 Å². The van der Waals surface area contributed by atoms with Gasteiger partial charge in [0.15, 0.2) is 11.0 Å². The number of hydrogen-bond acceptors (Lipinski definition) is 5. The molecule has 0 radical (unpaired) electrons. The number of amidine groups is 1. The van der Waals surface area contributed by atoms with Crippen molar-refractivity contribution in [2.24, 2.45) is 4.99 Å². The number of nitrogens with one attached hydrogen (secondary N) is 1. The van der Waals surface area contributed by atoms with Gasteiger partial charge in [0.05, 0.1) is 6.10 Å². The van der Waals surface area contributed by atoms with Gasteiger partial charge < -0.3 is 10.1 Å². The smallest absolute Gasteiger partial charge is 0.157 e. The van der Waals surface area contributed by atoms with Crippen molar-refractivity contribution in [1.29, 1.82) is 0 Å². The van der Waals surface area contributed by atoms with Crippen LogP contribution in [0.1, 0.15) is 44.0 Å². The van der Waals surface area contributed by atoms with Crippen molar-refractivity contribution < 1.29 is 4.74 Å². The van der Waals surface area contributed by atoms with E-state index < -0.39 is 0 Å². The van der Waals surface area contributed by atoms with Gasteiger partial charge in [0, 0.05) is 36.8 Å². The van der Waals surface area contributed by atoms with E-state index in [1.54, 1.807) is 11.8 Å². The van der Waals surface area contributed by atoms with E-state index in [1.165, 1.54) is 25.7 Å². The molecule has 0 aromatic carbocycles. The summed E-state index contributed by atoms with van der Waals surface area (Å²) in [5.74, 6) is 1.62. The number of ether oxygens (including phenoxy) is 1. The van der Waals surface area contributed by atoms with Crippen molar-refractivity contribution in [3.05, 3.63) is 42.0 Å². The molecule has 25 heavy (non-hydrogen) atoms. The Bertz CT molecular complexity index is 648. The number of nitrogens with zero attached hydrogens (tertiary/aromatic N) is 3. The zero-order valence-corrected chi connectivity index (χ0v) is 15.8. The van der Waals surface area contributed by atoms with Crippen LogP contribution in [-0.2, 0) is 11.3 Å². The zero-order valence-electron chi connectivity index (χ0n) is 14.9. The highest BCUT2D eigenvalue weighted by Crippen LogP contribution is 2.22. The van der Waals surface area contributed by atoms with Gasteiger partial charge in [0.1, 0.15) is 6.61 Å². The van der Waals surface area contributed by atoms with E-state index in [0.717, 1.165) is 27.9 Å². The van der Waals surface area contributed by atoms with E-state index in [4.69, 9.17) is 4.74 Å². The molecule has 1 aliphatic carbocycles. The van der Waals surface area contributed by atoms with E-state index in [-0.39, 0.29) is 6.04 Å². The topological polar surface area (TPSA) is 59.4 Å². The molecule has 5 nitrogen and oxygen atoms in total. The molecule has 0 amide bonds. The van der Waals surface area contributed by atoms with Crippen molar-refractivity contribution >= 4 is 22.5 Å². The maximum absolute atomic E-state index is 5.89. The molecule has 2 aliphatic rings. The summed E-state index contributed by atoms with van der Waals surface area (Å²) in [6.07, 6.45) is 15.5. The van der Waals surface area contributed by atoms with Crippen molar-refractivity contribution in [1.82, 2.24) is 15.3 Å². The molecular formula is C19H26N4OS. The van der Waals surface area contributed by atoms with Crippen LogP contribution in [0.15, 0.2) is 35.6 Å². The highest BCUT2D eigenvalue weighted by atomic mass is 32.2. The molecule has 1 aromatic rings. The van der Waals surface area contributed by atoms with Crippen LogP contribution in [0.2, 0.25) is 0 Å². The number of rotatable bonds is 4. The standard InChI is InChI=1S/C19H26N4OS/c1-14-7-8-15(9-10-25-19(20-2)23-14)16-11-21-18(22-12-16)13-24-17-5-3-4-6-17/h7-9,11-12,14,17H,3-6,10,13H2,1-2H3,(H,20,23)/b8-7-,15-9+. The van der Waals surface area contributed by atoms with Gasteiger partial charge in [-0.25, -0.2) is 9.97 Å². The lowest BCUT2D eigenvalue weighted by Crippen LogP contribution is -2.28. The summed E-state index contributed by atoms with van der Waals surface area (Å²) in [7, 11) is 1.81. The molecule has 1 saturated carbocycles. The molecule has 3 rings (SSSR count). The van der Waals surface area contributed by atoms with Gasteiger partial charge in [-0.05, 0) is 25.3 Å². The third-order valence-electron chi connectivity index (χ3n) is 4.43. The Labute approximate surface area is 154 Å². The minimum atomic E-state index is 0.229. The van der Waals surface area contributed by atoms with Crippen LogP contribution < -0.4 is 5.32 Å². The summed E-state index contributed by atoms with van der Waals surface area (Å²) < 4.78 is 5.89. The summed E-state index contributed by atoms with van der Waals surface area (Å²) >= 11 is 1.70. The van der Waals surface area contributed by atoms with Gasteiger partial charge in [-0.3, -0.25) is 4.99 Å². The first-order chi connectivity index (χ1) is 12.2. The van der Waals surface area contributed by atoms with Crippen molar-refractivity contribution in [2.75, 3.05) is 12.8 Å². The molecule has 1 fully saturated rings. The monoisotopic (exact) mass is 358 g/mol. The predicted molar refractivity (Wildman–Crippen MR) is 105 cm³/mol. The van der Waals surface area contributed by atoms with Crippen molar-refractivity contribution in [3.63, 3.8) is 0 Å². The zero-order chi connectivity index (χ0) is 17.5. The highest BCUT2D eigenvalue weighted by Gasteiger charge is 2.15. The third kappa shape index (κ3) is 5.41. The molecule has 0 spiro atoms. The van der Waals surface area contributed by atoms with E-state index >= 15 is 0 Å². The summed E-state index contributed by atoms with van der Waals surface area (Å²) in [6.45, 7) is 2.62. The van der Waals surface area contributed by atoms with Crippen LogP contribution in [0.3, 0.4) is 0 Å². The van der Waals surface area contributed by atoms with Crippen LogP contribution in [0, 0.1) is 0 Å². The van der Waals surface area contributed by atoms with E-state index in [2.05, 4.69) is 45.4 Å². The molecule has 134 valence electrons. The Morgan fingerprint density at radius 2 is 2.04 bits per heavy atom. The first-order valence-electron chi connectivity index (χ1n) is 8.92. The Kier molecular flexibility index (Phi) is 6.64. The first-order valence-corrected chi connectivity index (χ1v) is 9.90. The second-order valence-corrected chi connectivity index (χ2v) is 7.41. The molecule has 0 bridgehead atoms. The maximum atomic E-state index is 5.89. The average molecular weight is 359 g/mol. The van der Waals surface area contributed by atoms with Gasteiger partial charge in [-0.2, -0.15) is 0 Å². The highest BCUT2D eigenvalue weighted by molar-refractivity contribution is 8.13. The lowest BCUT2D eigenvalue weighted by Gasteiger charge is -2.11. The molecule has 1 N–H and O–H groups in total. The second kappa shape index (κ2) is 9.15. The number of aliphatic imine (C=N–C) groups is 1. The third-order valence-corrected chi connectivity index (χ3v) is 5.34. The van der Waals surface area contributed by atoms with Gasteiger partial charge in [-0.15, -0.1) is 0 Å². The Morgan fingerprint density at radius 3 is 2.76 bits per heavy atom. The number of allylic oxidation sites excluding steroid dienone is 2. The van der Waals surface area contributed by atoms with E-state index in [1.807, 2.05) is 19.4 Å². The minimum Gasteiger partial charge on any atom is -0.370 e. The van der Waals surface area contributed by atoms with E-state index in [9.17, 15) is 0 Å². The average Bonchev–Trinajstić information content (AvgIpc) is 3.17. The fraction of sp³-hybridized carbons (Fsp3) is 0.526. The lowest BCUT2D eigenvalue weighted by molar-refractivity contribution is 0.0417. The summed E-state index contributed by atoms with van der Waals surface area (Å²) in [5.41, 5.74) is 2.17. The van der Waals surface area contributed by atoms with Crippen LogP contribution >= 0.6 is 11.8 Å². The van der Waals surface area contributed by atoms with E-state index in [0.29, 0.717) is 12.7 Å². The molecule has 1 aromatic heterocycles. The van der Waals surface area contributed by atoms with Gasteiger partial charge in [0.25, 0.3) is 0 Å². The largest absolute Gasteiger partial charge is 0.370 e. The number of hydrogen-bond donors (Lipinski definition) is 1. The fourth-order valence-corrected chi connectivity index (χ4v) is 3.80. The second-order valence-electron chi connectivity index (χ2n) is 6.40. The minimum absolute atomic E-state index is 0.229. The van der Waals surface area contributed by atoms with Gasteiger partial charge in [0.2, 0.25) is 0 Å². The Morgan fingerprint density at radius 1 is 1.28 bits per heavy atom. The fourth-order valence-electron chi connectivity index (χ4n) is 2.98. The molecule has 1 atom stereocenters. The summed E-state index contributed by atoms with van der Waals surface area (Å²) in [6, 6.07) is 0.229. The quantitative estimate of drug-likeness (QED) is 0.891. The molecule has 0 saturated heterocycles. The van der Waals surface area contributed by atoms with Crippen LogP contribution in [0.4, 0.5) is 0 Å². The number of aromatic nitrogens is 2. The van der Waals surface area contributed by atoms with Gasteiger partial charge >= 0.3 is 0 Å². The Hall–Kier alpha value is -1.66. The molecule has 6 heteroatoms. The lowest BCUT2D eigenvalue weighted by atomic mass is 10.1.